The predicted molar refractivity (Wildman–Crippen MR) is 120 cm³/mol. The molecule has 1 fully saturated rings. The molecule has 6 heteroatoms. The highest BCUT2D eigenvalue weighted by molar-refractivity contribution is 7.14. The topological polar surface area (TPSA) is 50.5 Å². The maximum atomic E-state index is 13.4. The third-order valence-corrected chi connectivity index (χ3v) is 8.16. The van der Waals surface area contributed by atoms with Gasteiger partial charge in [-0.3, -0.25) is 9.20 Å². The summed E-state index contributed by atoms with van der Waals surface area (Å²) in [6.45, 7) is 8.57. The fourth-order valence-corrected chi connectivity index (χ4v) is 6.21. The number of aryl methyl sites for hydroxylation is 1. The Hall–Kier alpha value is -2.21. The Morgan fingerprint density at radius 3 is 2.90 bits per heavy atom. The fourth-order valence-electron chi connectivity index (χ4n) is 5.03. The predicted octanol–water partition coefficient (Wildman–Crippen LogP) is 4.96. The number of fused-ring (bicyclic) bond motifs is 2. The smallest absolute Gasteiger partial charge is 0.263 e. The summed E-state index contributed by atoms with van der Waals surface area (Å²) in [6, 6.07) is 8.15. The van der Waals surface area contributed by atoms with E-state index in [9.17, 15) is 4.79 Å². The zero-order chi connectivity index (χ0) is 20.9. The number of hydrogen-bond donors (Lipinski definition) is 0. The SMILES string of the molecule is CC(C)(C)[C@@H]1CCc2sc(C(=O)N3CCC[C@@H](c4nnc5ccccn45)C3)cc2C1. The molecule has 0 spiro atoms. The summed E-state index contributed by atoms with van der Waals surface area (Å²) >= 11 is 1.73. The fraction of sp³-hybridized carbons (Fsp3) is 0.542. The van der Waals surface area contributed by atoms with Gasteiger partial charge in [-0.1, -0.05) is 26.8 Å². The van der Waals surface area contributed by atoms with Gasteiger partial charge >= 0.3 is 0 Å². The number of carbonyl (C=O) groups excluding carboxylic acids is 1. The van der Waals surface area contributed by atoms with Gasteiger partial charge in [0.05, 0.1) is 4.88 Å². The number of likely N-dealkylation sites (tertiary alicyclic amines) is 1. The Balaban J connectivity index is 1.34. The van der Waals surface area contributed by atoms with Gasteiger partial charge in [0.25, 0.3) is 5.91 Å². The minimum absolute atomic E-state index is 0.195. The standard InChI is InChI=1S/C24H30N4OS/c1-24(2,3)18-9-10-19-17(13-18)14-20(30-19)23(29)27-11-6-7-16(15-27)22-26-25-21-8-4-5-12-28(21)22/h4-5,8,12,14,16,18H,6-7,9-11,13,15H2,1-3H3/t16-,18-/m1/s1. The molecule has 158 valence electrons. The lowest BCUT2D eigenvalue weighted by molar-refractivity contribution is 0.0709. The molecule has 5 nitrogen and oxygen atoms in total. The molecule has 5 rings (SSSR count). The van der Waals surface area contributed by atoms with E-state index < -0.39 is 0 Å². The van der Waals surface area contributed by atoms with Gasteiger partial charge in [-0.15, -0.1) is 21.5 Å². The highest BCUT2D eigenvalue weighted by Gasteiger charge is 2.33. The summed E-state index contributed by atoms with van der Waals surface area (Å²) in [5.74, 6) is 2.10. The quantitative estimate of drug-likeness (QED) is 0.586. The van der Waals surface area contributed by atoms with E-state index in [0.29, 0.717) is 11.3 Å². The van der Waals surface area contributed by atoms with Crippen LogP contribution in [0.2, 0.25) is 0 Å². The number of nitrogens with zero attached hydrogens (tertiary/aromatic N) is 4. The second-order valence-electron chi connectivity index (χ2n) is 9.94. The molecule has 1 aliphatic carbocycles. The molecule has 0 N–H and O–H groups in total. The second-order valence-corrected chi connectivity index (χ2v) is 11.1. The van der Waals surface area contributed by atoms with Crippen LogP contribution in [-0.4, -0.2) is 38.5 Å². The Morgan fingerprint density at radius 1 is 1.20 bits per heavy atom. The monoisotopic (exact) mass is 422 g/mol. The molecule has 2 aliphatic rings. The summed E-state index contributed by atoms with van der Waals surface area (Å²) < 4.78 is 2.06. The van der Waals surface area contributed by atoms with Crippen LogP contribution in [0.1, 0.15) is 71.9 Å². The summed E-state index contributed by atoms with van der Waals surface area (Å²) in [5, 5.41) is 8.75. The average Bonchev–Trinajstić information content (AvgIpc) is 3.36. The van der Waals surface area contributed by atoms with Crippen LogP contribution in [0.3, 0.4) is 0 Å². The lowest BCUT2D eigenvalue weighted by atomic mass is 9.72. The van der Waals surface area contributed by atoms with Crippen LogP contribution in [0.5, 0.6) is 0 Å². The van der Waals surface area contributed by atoms with E-state index in [1.807, 2.05) is 29.3 Å². The van der Waals surface area contributed by atoms with Crippen LogP contribution in [0.25, 0.3) is 5.65 Å². The van der Waals surface area contributed by atoms with Crippen molar-refractivity contribution in [3.63, 3.8) is 0 Å². The maximum Gasteiger partial charge on any atom is 0.263 e. The molecule has 0 aromatic carbocycles. The number of pyridine rings is 1. The van der Waals surface area contributed by atoms with Gasteiger partial charge in [0.2, 0.25) is 0 Å². The van der Waals surface area contributed by atoms with Crippen LogP contribution < -0.4 is 0 Å². The molecule has 2 atom stereocenters. The largest absolute Gasteiger partial charge is 0.337 e. The lowest BCUT2D eigenvalue weighted by Crippen LogP contribution is -2.39. The van der Waals surface area contributed by atoms with Crippen molar-refractivity contribution >= 4 is 22.9 Å². The number of carbonyl (C=O) groups is 1. The first kappa shape index (κ1) is 19.7. The Kier molecular flexibility index (Phi) is 4.92. The van der Waals surface area contributed by atoms with Crippen molar-refractivity contribution in [1.29, 1.82) is 0 Å². The van der Waals surface area contributed by atoms with E-state index in [1.54, 1.807) is 11.3 Å². The zero-order valence-corrected chi connectivity index (χ0v) is 18.9. The number of thiophene rings is 1. The van der Waals surface area contributed by atoms with E-state index in [4.69, 9.17) is 0 Å². The van der Waals surface area contributed by atoms with Gasteiger partial charge in [-0.05, 0) is 67.2 Å². The van der Waals surface area contributed by atoms with E-state index in [-0.39, 0.29) is 11.8 Å². The molecule has 4 heterocycles. The molecule has 0 radical (unpaired) electrons. The molecule has 0 saturated carbocycles. The van der Waals surface area contributed by atoms with Crippen LogP contribution in [0, 0.1) is 11.3 Å². The Bertz CT molecular complexity index is 1080. The molecule has 1 aliphatic heterocycles. The Labute approximate surface area is 182 Å². The molecule has 3 aromatic heterocycles. The Morgan fingerprint density at radius 2 is 2.07 bits per heavy atom. The van der Waals surface area contributed by atoms with Gasteiger partial charge in [-0.2, -0.15) is 0 Å². The summed E-state index contributed by atoms with van der Waals surface area (Å²) in [6.07, 6.45) is 7.53. The third-order valence-electron chi connectivity index (χ3n) is 6.93. The van der Waals surface area contributed by atoms with E-state index in [0.717, 1.165) is 55.1 Å². The molecule has 1 amide bonds. The molecule has 3 aromatic rings. The first-order valence-electron chi connectivity index (χ1n) is 11.1. The molecule has 0 bridgehead atoms. The average molecular weight is 423 g/mol. The number of aromatic nitrogens is 3. The summed E-state index contributed by atoms with van der Waals surface area (Å²) in [7, 11) is 0. The van der Waals surface area contributed by atoms with E-state index in [2.05, 4.69) is 41.4 Å². The first-order chi connectivity index (χ1) is 14.4. The van der Waals surface area contributed by atoms with Gasteiger partial charge in [0.1, 0.15) is 5.82 Å². The number of hydrogen-bond acceptors (Lipinski definition) is 4. The van der Waals surface area contributed by atoms with Crippen molar-refractivity contribution in [2.45, 2.75) is 58.8 Å². The van der Waals surface area contributed by atoms with Gasteiger partial charge < -0.3 is 4.90 Å². The van der Waals surface area contributed by atoms with Crippen LogP contribution in [-0.2, 0) is 12.8 Å². The van der Waals surface area contributed by atoms with Crippen molar-refractivity contribution in [2.24, 2.45) is 11.3 Å². The van der Waals surface area contributed by atoms with Gasteiger partial charge in [0.15, 0.2) is 5.65 Å². The van der Waals surface area contributed by atoms with Crippen LogP contribution in [0.4, 0.5) is 0 Å². The van der Waals surface area contributed by atoms with Crippen LogP contribution in [0.15, 0.2) is 30.5 Å². The van der Waals surface area contributed by atoms with E-state index >= 15 is 0 Å². The molecular formula is C24H30N4OS. The lowest BCUT2D eigenvalue weighted by Gasteiger charge is -2.33. The molecule has 30 heavy (non-hydrogen) atoms. The number of piperidine rings is 1. The highest BCUT2D eigenvalue weighted by atomic mass is 32.1. The van der Waals surface area contributed by atoms with Crippen molar-refractivity contribution in [3.8, 4) is 0 Å². The minimum Gasteiger partial charge on any atom is -0.337 e. The normalized spacial score (nSPS) is 22.3. The molecule has 0 unspecified atom stereocenters. The van der Waals surface area contributed by atoms with E-state index in [1.165, 1.54) is 16.9 Å². The van der Waals surface area contributed by atoms with Crippen molar-refractivity contribution in [1.82, 2.24) is 19.5 Å². The molecular weight excluding hydrogens is 392 g/mol. The second kappa shape index (κ2) is 7.49. The number of amides is 1. The van der Waals surface area contributed by atoms with Crippen molar-refractivity contribution in [2.75, 3.05) is 13.1 Å². The van der Waals surface area contributed by atoms with Gasteiger partial charge in [-0.25, -0.2) is 0 Å². The molecule has 1 saturated heterocycles. The summed E-state index contributed by atoms with van der Waals surface area (Å²) in [5.41, 5.74) is 2.60. The van der Waals surface area contributed by atoms with Crippen molar-refractivity contribution in [3.05, 3.63) is 51.6 Å². The zero-order valence-electron chi connectivity index (χ0n) is 18.1. The highest BCUT2D eigenvalue weighted by Crippen LogP contribution is 2.40. The number of rotatable bonds is 2. The first-order valence-corrected chi connectivity index (χ1v) is 11.9. The van der Waals surface area contributed by atoms with Crippen molar-refractivity contribution < 1.29 is 4.79 Å². The minimum atomic E-state index is 0.195. The van der Waals surface area contributed by atoms with Crippen LogP contribution >= 0.6 is 11.3 Å². The summed E-state index contributed by atoms with van der Waals surface area (Å²) in [4.78, 5) is 17.8. The van der Waals surface area contributed by atoms with Gasteiger partial charge in [0, 0.05) is 30.1 Å². The maximum absolute atomic E-state index is 13.4. The third kappa shape index (κ3) is 3.55.